The van der Waals surface area contributed by atoms with Gasteiger partial charge in [-0.1, -0.05) is 12.1 Å². The number of nitrogens with zero attached hydrogens (tertiary/aromatic N) is 5. The monoisotopic (exact) mass is 533 g/mol. The molecule has 1 aromatic heterocycles. The van der Waals surface area contributed by atoms with Gasteiger partial charge in [0, 0.05) is 44.1 Å². The summed E-state index contributed by atoms with van der Waals surface area (Å²) in [6.07, 6.45) is -4.23. The molecule has 15 heteroatoms. The first-order valence-electron chi connectivity index (χ1n) is 10.6. The summed E-state index contributed by atoms with van der Waals surface area (Å²) < 4.78 is 63.5. The number of carbonyl (C=O) groups is 2. The summed E-state index contributed by atoms with van der Waals surface area (Å²) in [6, 6.07) is 13.1. The van der Waals surface area contributed by atoms with Crippen LogP contribution in [0.25, 0.3) is 0 Å². The summed E-state index contributed by atoms with van der Waals surface area (Å²) >= 11 is 0. The van der Waals surface area contributed by atoms with Gasteiger partial charge in [0.2, 0.25) is 5.95 Å². The van der Waals surface area contributed by atoms with Crippen molar-refractivity contribution in [2.45, 2.75) is 43.8 Å². The smallest absolute Gasteiger partial charge is 0.475 e. The molecule has 9 nitrogen and oxygen atoms in total. The minimum absolute atomic E-state index is 0.511. The number of hydrogen-bond acceptors (Lipinski definition) is 7. The number of aliphatic carboxylic acids is 2. The van der Waals surface area contributed by atoms with Crippen LogP contribution in [0, 0.1) is 11.3 Å². The number of anilines is 1. The first kappa shape index (κ1) is 29.3. The van der Waals surface area contributed by atoms with E-state index in [1.54, 1.807) is 0 Å². The Morgan fingerprint density at radius 1 is 0.946 bits per heavy atom. The fourth-order valence-electron chi connectivity index (χ4n) is 3.93. The second-order valence-corrected chi connectivity index (χ2v) is 7.84. The summed E-state index contributed by atoms with van der Waals surface area (Å²) in [5.41, 5.74) is 1.96. The number of carboxylic acid groups (broad SMARTS) is 2. The van der Waals surface area contributed by atoms with Gasteiger partial charge < -0.3 is 15.1 Å². The molecule has 4 rings (SSSR count). The molecule has 200 valence electrons. The number of aromatic nitrogens is 2. The predicted octanol–water partition coefficient (Wildman–Crippen LogP) is 3.47. The minimum Gasteiger partial charge on any atom is -0.475 e. The van der Waals surface area contributed by atoms with E-state index in [4.69, 9.17) is 25.1 Å². The minimum atomic E-state index is -5.08. The summed E-state index contributed by atoms with van der Waals surface area (Å²) in [5, 5.41) is 23.3. The zero-order valence-corrected chi connectivity index (χ0v) is 18.9. The first-order valence-corrected chi connectivity index (χ1v) is 10.6. The molecule has 2 atom stereocenters. The molecular weight excluding hydrogens is 512 g/mol. The summed E-state index contributed by atoms with van der Waals surface area (Å²) in [7, 11) is 0. The Bertz CT molecular complexity index is 1080. The van der Waals surface area contributed by atoms with Crippen LogP contribution in [0.4, 0.5) is 32.3 Å². The van der Waals surface area contributed by atoms with Gasteiger partial charge in [-0.25, -0.2) is 19.6 Å². The van der Waals surface area contributed by atoms with Gasteiger partial charge in [-0.05, 0) is 36.6 Å². The van der Waals surface area contributed by atoms with Crippen molar-refractivity contribution in [3.05, 3.63) is 53.9 Å². The van der Waals surface area contributed by atoms with E-state index in [1.165, 1.54) is 5.56 Å². The van der Waals surface area contributed by atoms with Gasteiger partial charge in [0.1, 0.15) is 0 Å². The van der Waals surface area contributed by atoms with Gasteiger partial charge in [-0.3, -0.25) is 4.90 Å². The van der Waals surface area contributed by atoms with E-state index >= 15 is 0 Å². The zero-order valence-electron chi connectivity index (χ0n) is 18.9. The maximum Gasteiger partial charge on any atom is 0.490 e. The fourth-order valence-corrected chi connectivity index (χ4v) is 3.93. The Morgan fingerprint density at radius 2 is 1.49 bits per heavy atom. The van der Waals surface area contributed by atoms with Crippen molar-refractivity contribution in [2.75, 3.05) is 18.0 Å². The van der Waals surface area contributed by atoms with Crippen LogP contribution in [-0.4, -0.2) is 74.5 Å². The molecule has 37 heavy (non-hydrogen) atoms. The Hall–Kier alpha value is -3.93. The highest BCUT2D eigenvalue weighted by molar-refractivity contribution is 5.73. The Labute approximate surface area is 206 Å². The molecule has 2 aliphatic rings. The lowest BCUT2D eigenvalue weighted by molar-refractivity contribution is -0.193. The van der Waals surface area contributed by atoms with Crippen LogP contribution in [0.3, 0.4) is 0 Å². The van der Waals surface area contributed by atoms with Crippen molar-refractivity contribution in [1.29, 1.82) is 5.26 Å². The molecule has 2 N–H and O–H groups in total. The van der Waals surface area contributed by atoms with Crippen LogP contribution in [0.15, 0.2) is 42.7 Å². The molecule has 2 aliphatic heterocycles. The molecule has 1 aromatic carbocycles. The Kier molecular flexibility index (Phi) is 9.78. The van der Waals surface area contributed by atoms with Crippen molar-refractivity contribution in [1.82, 2.24) is 14.9 Å². The van der Waals surface area contributed by atoms with Crippen LogP contribution in [0.2, 0.25) is 0 Å². The lowest BCUT2D eigenvalue weighted by Gasteiger charge is -2.25. The molecule has 0 saturated carbocycles. The predicted molar refractivity (Wildman–Crippen MR) is 115 cm³/mol. The van der Waals surface area contributed by atoms with Gasteiger partial charge >= 0.3 is 24.3 Å². The van der Waals surface area contributed by atoms with Crippen LogP contribution in [0.1, 0.15) is 24.0 Å². The molecule has 0 aliphatic carbocycles. The Morgan fingerprint density at radius 3 is 2.00 bits per heavy atom. The van der Waals surface area contributed by atoms with Crippen molar-refractivity contribution in [3.63, 3.8) is 0 Å². The summed E-state index contributed by atoms with van der Waals surface area (Å²) in [6.45, 7) is 3.03. The number of hydrogen-bond donors (Lipinski definition) is 2. The average Bonchev–Trinajstić information content (AvgIpc) is 3.42. The lowest BCUT2D eigenvalue weighted by atomic mass is 10.1. The van der Waals surface area contributed by atoms with E-state index in [2.05, 4.69) is 31.9 Å². The molecule has 0 amide bonds. The van der Waals surface area contributed by atoms with Gasteiger partial charge in [-0.2, -0.15) is 31.6 Å². The molecular formula is C22H21F6N5O4. The third-order valence-electron chi connectivity index (χ3n) is 5.43. The van der Waals surface area contributed by atoms with Crippen molar-refractivity contribution in [3.8, 4) is 6.07 Å². The molecule has 2 saturated heterocycles. The van der Waals surface area contributed by atoms with Gasteiger partial charge in [0.15, 0.2) is 0 Å². The van der Waals surface area contributed by atoms with E-state index in [0.717, 1.165) is 44.0 Å². The first-order chi connectivity index (χ1) is 17.2. The number of carboxylic acids is 2. The highest BCUT2D eigenvalue weighted by atomic mass is 19.4. The number of benzene rings is 1. The van der Waals surface area contributed by atoms with Gasteiger partial charge in [0.05, 0.1) is 11.6 Å². The zero-order chi connectivity index (χ0) is 27.8. The topological polar surface area (TPSA) is 131 Å². The van der Waals surface area contributed by atoms with E-state index in [-0.39, 0.29) is 0 Å². The van der Waals surface area contributed by atoms with Gasteiger partial charge in [0.25, 0.3) is 0 Å². The summed E-state index contributed by atoms with van der Waals surface area (Å²) in [5.74, 6) is -4.66. The molecule has 0 spiro atoms. The molecule has 0 radical (unpaired) electrons. The van der Waals surface area contributed by atoms with E-state index in [1.807, 2.05) is 36.7 Å². The van der Waals surface area contributed by atoms with Crippen LogP contribution < -0.4 is 4.90 Å². The van der Waals surface area contributed by atoms with E-state index in [0.29, 0.717) is 12.1 Å². The second kappa shape index (κ2) is 12.3. The van der Waals surface area contributed by atoms with Crippen molar-refractivity contribution in [2.24, 2.45) is 0 Å². The summed E-state index contributed by atoms with van der Waals surface area (Å²) in [4.78, 5) is 31.5. The molecule has 0 bridgehead atoms. The average molecular weight is 533 g/mol. The second-order valence-electron chi connectivity index (χ2n) is 7.84. The maximum absolute atomic E-state index is 10.6. The SMILES string of the molecule is N#Cc1cccc(CN2CC[C@H]3[C@H]2CCN3c2ncccn2)c1.O=C(O)C(F)(F)F.O=C(O)C(F)(F)F. The highest BCUT2D eigenvalue weighted by Crippen LogP contribution is 2.34. The highest BCUT2D eigenvalue weighted by Gasteiger charge is 2.43. The van der Waals surface area contributed by atoms with Crippen molar-refractivity contribution < 1.29 is 46.1 Å². The normalized spacial score (nSPS) is 19.0. The Balaban J connectivity index is 0.000000286. The van der Waals surface area contributed by atoms with Crippen LogP contribution in [-0.2, 0) is 16.1 Å². The molecule has 2 aromatic rings. The molecule has 3 heterocycles. The standard InChI is InChI=1S/C18H19N5.2C2HF3O2/c19-12-14-3-1-4-15(11-14)13-22-9-5-17-16(22)6-10-23(17)18-20-7-2-8-21-18;2*3-2(4,5)1(6)7/h1-4,7-8,11,16-17H,5-6,9-10,13H2;2*(H,6,7)/t16-,17+;;/m1../s1. The van der Waals surface area contributed by atoms with Crippen LogP contribution >= 0.6 is 0 Å². The molecule has 2 fully saturated rings. The van der Waals surface area contributed by atoms with E-state index in [9.17, 15) is 26.3 Å². The van der Waals surface area contributed by atoms with Gasteiger partial charge in [-0.15, -0.1) is 0 Å². The van der Waals surface area contributed by atoms with E-state index < -0.39 is 24.3 Å². The number of fused-ring (bicyclic) bond motifs is 1. The largest absolute Gasteiger partial charge is 0.490 e. The fraction of sp³-hybridized carbons (Fsp3) is 0.409. The third kappa shape index (κ3) is 8.60. The number of likely N-dealkylation sites (tertiary alicyclic amines) is 1. The number of alkyl halides is 6. The lowest BCUT2D eigenvalue weighted by Crippen LogP contribution is -2.37. The number of rotatable bonds is 3. The van der Waals surface area contributed by atoms with Crippen molar-refractivity contribution >= 4 is 17.9 Å². The quantitative estimate of drug-likeness (QED) is 0.570. The number of halogens is 6. The maximum atomic E-state index is 10.6. The number of nitriles is 1. The van der Waals surface area contributed by atoms with Crippen LogP contribution in [0.5, 0.6) is 0 Å². The molecule has 0 unspecified atom stereocenters. The third-order valence-corrected chi connectivity index (χ3v) is 5.43.